The number of rotatable bonds is 4. The van der Waals surface area contributed by atoms with Crippen LogP contribution in [0.5, 0.6) is 0 Å². The van der Waals surface area contributed by atoms with Gasteiger partial charge < -0.3 is 10.3 Å². The fourth-order valence-electron chi connectivity index (χ4n) is 2.45. The smallest absolute Gasteiger partial charge is 0.287 e. The normalized spacial score (nSPS) is 23.0. The van der Waals surface area contributed by atoms with Crippen molar-refractivity contribution in [3.8, 4) is 0 Å². The number of nitrogens with one attached hydrogen (secondary N) is 2. The first-order chi connectivity index (χ1) is 9.11. The lowest BCUT2D eigenvalue weighted by Gasteiger charge is -2.30. The Morgan fingerprint density at radius 2 is 2.26 bits per heavy atom. The van der Waals surface area contributed by atoms with Gasteiger partial charge in [-0.3, -0.25) is 14.9 Å². The second kappa shape index (κ2) is 6.06. The molecule has 7 heteroatoms. The van der Waals surface area contributed by atoms with Gasteiger partial charge in [0.1, 0.15) is 5.69 Å². The Kier molecular flexibility index (Phi) is 4.42. The van der Waals surface area contributed by atoms with Gasteiger partial charge in [0, 0.05) is 18.0 Å². The number of carbonyl (C=O) groups excluding carboxylic acids is 1. The fraction of sp³-hybridized carbons (Fsp3) is 0.583. The number of alkyl halides is 1. The van der Waals surface area contributed by atoms with Gasteiger partial charge in [-0.05, 0) is 18.8 Å². The third-order valence-electron chi connectivity index (χ3n) is 3.55. The molecule has 1 aliphatic carbocycles. The van der Waals surface area contributed by atoms with Gasteiger partial charge in [-0.15, -0.1) is 11.6 Å². The Morgan fingerprint density at radius 1 is 1.53 bits per heavy atom. The average molecular weight is 286 g/mol. The van der Waals surface area contributed by atoms with Gasteiger partial charge in [0.15, 0.2) is 0 Å². The van der Waals surface area contributed by atoms with Gasteiger partial charge in [-0.25, -0.2) is 0 Å². The van der Waals surface area contributed by atoms with Gasteiger partial charge in [0.25, 0.3) is 11.6 Å². The Bertz CT molecular complexity index is 475. The second-order valence-electron chi connectivity index (χ2n) is 4.81. The molecule has 1 heterocycles. The van der Waals surface area contributed by atoms with Crippen LogP contribution >= 0.6 is 11.6 Å². The van der Waals surface area contributed by atoms with E-state index in [0.717, 1.165) is 25.7 Å². The topological polar surface area (TPSA) is 88.0 Å². The highest BCUT2D eigenvalue weighted by molar-refractivity contribution is 6.18. The quantitative estimate of drug-likeness (QED) is 0.506. The summed E-state index contributed by atoms with van der Waals surface area (Å²) in [5.74, 6) is 0.495. The van der Waals surface area contributed by atoms with Crippen LogP contribution in [0, 0.1) is 16.0 Å². The lowest BCUT2D eigenvalue weighted by molar-refractivity contribution is -0.384. The molecule has 1 saturated carbocycles. The number of nitrogens with zero attached hydrogens (tertiary/aromatic N) is 1. The summed E-state index contributed by atoms with van der Waals surface area (Å²) in [7, 11) is 0. The third-order valence-corrected chi connectivity index (χ3v) is 3.94. The van der Waals surface area contributed by atoms with Crippen LogP contribution in [-0.4, -0.2) is 27.7 Å². The summed E-state index contributed by atoms with van der Waals surface area (Å²) in [5.41, 5.74) is 0.105. The zero-order chi connectivity index (χ0) is 13.8. The number of aromatic nitrogens is 1. The summed E-state index contributed by atoms with van der Waals surface area (Å²) in [6.45, 7) is 0. The number of H-pyrrole nitrogens is 1. The van der Waals surface area contributed by atoms with Crippen LogP contribution in [0.3, 0.4) is 0 Å². The zero-order valence-corrected chi connectivity index (χ0v) is 11.2. The third kappa shape index (κ3) is 3.26. The highest BCUT2D eigenvalue weighted by Gasteiger charge is 2.26. The van der Waals surface area contributed by atoms with Crippen molar-refractivity contribution in [1.29, 1.82) is 0 Å². The second-order valence-corrected chi connectivity index (χ2v) is 5.12. The molecule has 1 amide bonds. The van der Waals surface area contributed by atoms with Gasteiger partial charge in [-0.1, -0.05) is 12.8 Å². The predicted molar refractivity (Wildman–Crippen MR) is 71.4 cm³/mol. The molecule has 6 nitrogen and oxygen atoms in total. The van der Waals surface area contributed by atoms with Crippen LogP contribution in [-0.2, 0) is 0 Å². The van der Waals surface area contributed by atoms with Crippen molar-refractivity contribution in [2.75, 3.05) is 5.88 Å². The molecule has 1 aliphatic rings. The van der Waals surface area contributed by atoms with Gasteiger partial charge in [-0.2, -0.15) is 0 Å². The number of amides is 1. The SMILES string of the molecule is O=C(NC1CCCCC1CCl)c1cc([N+](=O)[O-])c[nH]1. The molecule has 0 radical (unpaired) electrons. The van der Waals surface area contributed by atoms with Crippen molar-refractivity contribution in [2.45, 2.75) is 31.7 Å². The molecular formula is C12H16ClN3O3. The van der Waals surface area contributed by atoms with E-state index in [1.807, 2.05) is 0 Å². The summed E-state index contributed by atoms with van der Waals surface area (Å²) in [6.07, 6.45) is 5.35. The number of carbonyl (C=O) groups is 1. The average Bonchev–Trinajstić information content (AvgIpc) is 2.89. The van der Waals surface area contributed by atoms with Gasteiger partial charge >= 0.3 is 0 Å². The first kappa shape index (κ1) is 13.9. The van der Waals surface area contributed by atoms with Crippen LogP contribution < -0.4 is 5.32 Å². The molecule has 0 aromatic carbocycles. The molecule has 0 bridgehead atoms. The van der Waals surface area contributed by atoms with E-state index in [0.29, 0.717) is 5.88 Å². The molecule has 0 aliphatic heterocycles. The van der Waals surface area contributed by atoms with Crippen molar-refractivity contribution < 1.29 is 9.72 Å². The van der Waals surface area contributed by atoms with Crippen molar-refractivity contribution >= 4 is 23.2 Å². The molecule has 1 aromatic rings. The number of halogens is 1. The number of nitro groups is 1. The van der Waals surface area contributed by atoms with E-state index in [1.165, 1.54) is 12.3 Å². The Hall–Kier alpha value is -1.56. The van der Waals surface area contributed by atoms with E-state index in [2.05, 4.69) is 10.3 Å². The van der Waals surface area contributed by atoms with Crippen LogP contribution in [0.4, 0.5) is 5.69 Å². The van der Waals surface area contributed by atoms with E-state index >= 15 is 0 Å². The fourth-order valence-corrected chi connectivity index (χ4v) is 2.82. The summed E-state index contributed by atoms with van der Waals surface area (Å²) >= 11 is 5.90. The van der Waals surface area contributed by atoms with Crippen LogP contribution in [0.15, 0.2) is 12.3 Å². The summed E-state index contributed by atoms with van der Waals surface area (Å²) in [4.78, 5) is 24.7. The molecule has 2 rings (SSSR count). The van der Waals surface area contributed by atoms with Crippen LogP contribution in [0.25, 0.3) is 0 Å². The van der Waals surface area contributed by atoms with Crippen LogP contribution in [0.1, 0.15) is 36.2 Å². The molecule has 0 saturated heterocycles. The van der Waals surface area contributed by atoms with Crippen molar-refractivity contribution in [3.63, 3.8) is 0 Å². The minimum atomic E-state index is -0.532. The minimum Gasteiger partial charge on any atom is -0.351 e. The van der Waals surface area contributed by atoms with Crippen LogP contribution in [0.2, 0.25) is 0 Å². The van der Waals surface area contributed by atoms with Gasteiger partial charge in [0.05, 0.1) is 11.1 Å². The van der Waals surface area contributed by atoms with E-state index < -0.39 is 4.92 Å². The summed E-state index contributed by atoms with van der Waals surface area (Å²) < 4.78 is 0. The lowest BCUT2D eigenvalue weighted by Crippen LogP contribution is -2.42. The first-order valence-electron chi connectivity index (χ1n) is 6.31. The maximum Gasteiger partial charge on any atom is 0.287 e. The van der Waals surface area contributed by atoms with Crippen molar-refractivity contribution in [3.05, 3.63) is 28.1 Å². The lowest BCUT2D eigenvalue weighted by atomic mass is 9.85. The van der Waals surface area contributed by atoms with Crippen molar-refractivity contribution in [2.24, 2.45) is 5.92 Å². The minimum absolute atomic E-state index is 0.0566. The standard InChI is InChI=1S/C12H16ClN3O3/c13-6-8-3-1-2-4-10(8)15-12(17)11-5-9(7-14-11)16(18)19/h5,7-8,10,14H,1-4,6H2,(H,15,17). The molecule has 0 spiro atoms. The number of aromatic amines is 1. The van der Waals surface area contributed by atoms with Gasteiger partial charge in [0.2, 0.25) is 0 Å². The number of hydrogen-bond donors (Lipinski definition) is 2. The van der Waals surface area contributed by atoms with E-state index in [4.69, 9.17) is 11.6 Å². The Morgan fingerprint density at radius 3 is 2.89 bits per heavy atom. The summed E-state index contributed by atoms with van der Waals surface area (Å²) in [6, 6.07) is 1.30. The zero-order valence-electron chi connectivity index (χ0n) is 10.4. The molecule has 1 fully saturated rings. The molecule has 2 N–H and O–H groups in total. The highest BCUT2D eigenvalue weighted by atomic mass is 35.5. The van der Waals surface area contributed by atoms with Crippen molar-refractivity contribution in [1.82, 2.24) is 10.3 Å². The molecular weight excluding hydrogens is 270 g/mol. The number of hydrogen-bond acceptors (Lipinski definition) is 3. The first-order valence-corrected chi connectivity index (χ1v) is 6.85. The maximum atomic E-state index is 12.0. The molecule has 19 heavy (non-hydrogen) atoms. The molecule has 104 valence electrons. The Balaban J connectivity index is 2.01. The van der Waals surface area contributed by atoms with E-state index in [-0.39, 0.29) is 29.2 Å². The monoisotopic (exact) mass is 285 g/mol. The molecule has 2 unspecified atom stereocenters. The molecule has 2 atom stereocenters. The maximum absolute atomic E-state index is 12.0. The highest BCUT2D eigenvalue weighted by Crippen LogP contribution is 2.25. The van der Waals surface area contributed by atoms with E-state index in [9.17, 15) is 14.9 Å². The predicted octanol–water partition coefficient (Wildman–Crippen LogP) is 2.45. The largest absolute Gasteiger partial charge is 0.351 e. The summed E-state index contributed by atoms with van der Waals surface area (Å²) in [5, 5.41) is 13.5. The molecule has 1 aromatic heterocycles. The Labute approximate surface area is 115 Å². The van der Waals surface area contributed by atoms with E-state index in [1.54, 1.807) is 0 Å².